The number of nitrogens with one attached hydrogen (secondary N) is 1. The van der Waals surface area contributed by atoms with Gasteiger partial charge in [0.1, 0.15) is 12.6 Å². The third kappa shape index (κ3) is 3.79. The van der Waals surface area contributed by atoms with Crippen molar-refractivity contribution in [3.8, 4) is 0 Å². The van der Waals surface area contributed by atoms with Gasteiger partial charge in [-0.3, -0.25) is 9.36 Å². The molecule has 3 aromatic rings. The Hall–Kier alpha value is -3.12. The minimum atomic E-state index is -0.698. The summed E-state index contributed by atoms with van der Waals surface area (Å²) in [6.45, 7) is 2.21. The van der Waals surface area contributed by atoms with Gasteiger partial charge in [-0.05, 0) is 43.7 Å². The number of ether oxygens (including phenoxy) is 1. The first-order valence-electron chi connectivity index (χ1n) is 10.8. The van der Waals surface area contributed by atoms with E-state index in [9.17, 15) is 9.59 Å². The molecular formula is C25H24ClN3O3. The minimum absolute atomic E-state index is 0.167. The lowest BCUT2D eigenvalue weighted by Gasteiger charge is -2.21. The van der Waals surface area contributed by atoms with Crippen molar-refractivity contribution in [1.82, 2.24) is 9.55 Å². The van der Waals surface area contributed by atoms with E-state index in [4.69, 9.17) is 16.3 Å². The van der Waals surface area contributed by atoms with Gasteiger partial charge in [-0.25, -0.2) is 9.78 Å². The van der Waals surface area contributed by atoms with E-state index in [2.05, 4.69) is 22.4 Å². The van der Waals surface area contributed by atoms with Crippen LogP contribution < -0.4 is 10.9 Å². The van der Waals surface area contributed by atoms with Crippen LogP contribution in [0.5, 0.6) is 0 Å². The highest BCUT2D eigenvalue weighted by atomic mass is 35.5. The first-order valence-corrected chi connectivity index (χ1v) is 11.2. The maximum atomic E-state index is 13.4. The predicted octanol–water partition coefficient (Wildman–Crippen LogP) is 4.54. The summed E-state index contributed by atoms with van der Waals surface area (Å²) in [5, 5.41) is 3.60. The second-order valence-corrected chi connectivity index (χ2v) is 8.96. The number of hydrogen-bond acceptors (Lipinski definition) is 5. The maximum Gasteiger partial charge on any atom is 0.329 e. The van der Waals surface area contributed by atoms with Crippen LogP contribution >= 0.6 is 11.6 Å². The van der Waals surface area contributed by atoms with Gasteiger partial charge in [0.05, 0.1) is 11.2 Å². The highest BCUT2D eigenvalue weighted by Gasteiger charge is 2.46. The minimum Gasteiger partial charge on any atom is -0.459 e. The lowest BCUT2D eigenvalue weighted by molar-refractivity contribution is -0.148. The molecule has 6 nitrogen and oxygen atoms in total. The molecule has 0 amide bonds. The third-order valence-electron chi connectivity index (χ3n) is 6.30. The molecular weight excluding hydrogens is 426 g/mol. The number of nitrogens with zero attached hydrogens (tertiary/aromatic N) is 2. The van der Waals surface area contributed by atoms with Gasteiger partial charge in [0.15, 0.2) is 11.0 Å². The van der Waals surface area contributed by atoms with E-state index in [-0.39, 0.29) is 28.7 Å². The molecule has 0 saturated heterocycles. The van der Waals surface area contributed by atoms with Crippen molar-refractivity contribution >= 4 is 23.4 Å². The van der Waals surface area contributed by atoms with Crippen LogP contribution in [0.1, 0.15) is 47.7 Å². The third-order valence-corrected chi connectivity index (χ3v) is 6.60. The topological polar surface area (TPSA) is 73.2 Å². The number of carbonyl (C=O) groups excluding carboxylic acids is 1. The van der Waals surface area contributed by atoms with Crippen LogP contribution in [0.25, 0.3) is 0 Å². The molecule has 1 fully saturated rings. The van der Waals surface area contributed by atoms with Crippen LogP contribution in [-0.4, -0.2) is 15.5 Å². The lowest BCUT2D eigenvalue weighted by atomic mass is 10.0. The van der Waals surface area contributed by atoms with Crippen molar-refractivity contribution in [2.45, 2.75) is 50.8 Å². The fourth-order valence-corrected chi connectivity index (χ4v) is 4.68. The first kappa shape index (κ1) is 20.8. The number of aryl methyl sites for hydroxylation is 1. The summed E-state index contributed by atoms with van der Waals surface area (Å²) in [5.74, 6) is -0.247. The van der Waals surface area contributed by atoms with Gasteiger partial charge in [0.2, 0.25) is 0 Å². The number of aromatic nitrogens is 2. The molecule has 2 aliphatic rings. The number of anilines is 1. The number of carbonyl (C=O) groups is 1. The summed E-state index contributed by atoms with van der Waals surface area (Å²) < 4.78 is 6.99. The van der Waals surface area contributed by atoms with E-state index in [1.54, 1.807) is 0 Å². The number of benzene rings is 2. The fraction of sp³-hybridized carbons (Fsp3) is 0.320. The molecule has 2 heterocycles. The number of fused-ring (bicyclic) bond motifs is 1. The van der Waals surface area contributed by atoms with E-state index in [1.165, 1.54) is 4.57 Å². The Morgan fingerprint density at radius 3 is 2.72 bits per heavy atom. The van der Waals surface area contributed by atoms with Gasteiger partial charge in [-0.2, -0.15) is 0 Å². The largest absolute Gasteiger partial charge is 0.459 e. The van der Waals surface area contributed by atoms with E-state index >= 15 is 0 Å². The molecule has 164 valence electrons. The van der Waals surface area contributed by atoms with Gasteiger partial charge in [-0.15, -0.1) is 0 Å². The van der Waals surface area contributed by atoms with Crippen molar-refractivity contribution in [2.75, 3.05) is 5.32 Å². The fourth-order valence-electron chi connectivity index (χ4n) is 4.41. The van der Waals surface area contributed by atoms with Crippen LogP contribution in [0.15, 0.2) is 59.4 Å². The standard InChI is InChI=1S/C25H24ClN3O3/c1-16-6-5-9-18(14-16)25(12-13-25)28-22-23(30)29-19(21(26)27-22)10-11-20(29)24(31)32-15-17-7-3-2-4-8-17/h2-9,14,20H,10-13,15H2,1H3,(H,27,28). The van der Waals surface area contributed by atoms with Gasteiger partial charge in [-0.1, -0.05) is 71.8 Å². The van der Waals surface area contributed by atoms with Crippen molar-refractivity contribution in [3.63, 3.8) is 0 Å². The summed E-state index contributed by atoms with van der Waals surface area (Å²) in [7, 11) is 0. The molecule has 0 bridgehead atoms. The molecule has 1 saturated carbocycles. The molecule has 0 radical (unpaired) electrons. The Bertz CT molecular complexity index is 1230. The number of halogens is 1. The van der Waals surface area contributed by atoms with Crippen LogP contribution in [0.3, 0.4) is 0 Å². The van der Waals surface area contributed by atoms with Gasteiger partial charge in [0, 0.05) is 0 Å². The SMILES string of the molecule is Cc1cccc(C2(Nc3nc(Cl)c4n(c3=O)C(C(=O)OCc3ccccc3)CC4)CC2)c1. The highest BCUT2D eigenvalue weighted by molar-refractivity contribution is 6.30. The molecule has 2 aromatic carbocycles. The molecule has 1 aliphatic carbocycles. The Kier molecular flexibility index (Phi) is 5.25. The molecule has 1 unspecified atom stereocenters. The lowest BCUT2D eigenvalue weighted by Crippen LogP contribution is -2.34. The molecule has 1 atom stereocenters. The van der Waals surface area contributed by atoms with E-state index in [0.29, 0.717) is 18.5 Å². The normalized spacial score (nSPS) is 18.1. The highest BCUT2D eigenvalue weighted by Crippen LogP contribution is 2.48. The van der Waals surface area contributed by atoms with Crippen molar-refractivity contribution in [2.24, 2.45) is 0 Å². The summed E-state index contributed by atoms with van der Waals surface area (Å²) in [4.78, 5) is 30.6. The summed E-state index contributed by atoms with van der Waals surface area (Å²) in [5.41, 5.74) is 3.12. The first-order chi connectivity index (χ1) is 15.5. The summed E-state index contributed by atoms with van der Waals surface area (Å²) in [6, 6.07) is 17.0. The Balaban J connectivity index is 1.41. The average molecular weight is 450 g/mol. The van der Waals surface area contributed by atoms with Crippen LogP contribution in [0, 0.1) is 6.92 Å². The van der Waals surface area contributed by atoms with Crippen molar-refractivity contribution in [3.05, 3.63) is 92.5 Å². The maximum absolute atomic E-state index is 13.4. The molecule has 1 N–H and O–H groups in total. The van der Waals surface area contributed by atoms with Crippen molar-refractivity contribution < 1.29 is 9.53 Å². The molecule has 7 heteroatoms. The smallest absolute Gasteiger partial charge is 0.329 e. The van der Waals surface area contributed by atoms with Gasteiger partial charge < -0.3 is 10.1 Å². The quantitative estimate of drug-likeness (QED) is 0.559. The van der Waals surface area contributed by atoms with E-state index in [0.717, 1.165) is 29.5 Å². The van der Waals surface area contributed by atoms with Crippen LogP contribution in [-0.2, 0) is 28.1 Å². The predicted molar refractivity (Wildman–Crippen MR) is 123 cm³/mol. The second kappa shape index (κ2) is 8.10. The van der Waals surface area contributed by atoms with Crippen LogP contribution in [0.2, 0.25) is 5.15 Å². The monoisotopic (exact) mass is 449 g/mol. The van der Waals surface area contributed by atoms with E-state index in [1.807, 2.05) is 49.4 Å². The Morgan fingerprint density at radius 1 is 1.22 bits per heavy atom. The zero-order chi connectivity index (χ0) is 22.3. The van der Waals surface area contributed by atoms with Crippen molar-refractivity contribution in [1.29, 1.82) is 0 Å². The molecule has 32 heavy (non-hydrogen) atoms. The molecule has 0 spiro atoms. The second-order valence-electron chi connectivity index (χ2n) is 8.60. The number of esters is 1. The zero-order valence-corrected chi connectivity index (χ0v) is 18.6. The Morgan fingerprint density at radius 2 is 2.00 bits per heavy atom. The summed E-state index contributed by atoms with van der Waals surface area (Å²) >= 11 is 6.45. The van der Waals surface area contributed by atoms with Crippen LogP contribution in [0.4, 0.5) is 5.82 Å². The number of rotatable bonds is 6. The summed E-state index contributed by atoms with van der Waals surface area (Å²) in [6.07, 6.45) is 2.78. The van der Waals surface area contributed by atoms with Gasteiger partial charge >= 0.3 is 5.97 Å². The molecule has 5 rings (SSSR count). The molecule has 1 aromatic heterocycles. The number of hydrogen-bond donors (Lipinski definition) is 1. The van der Waals surface area contributed by atoms with E-state index < -0.39 is 12.0 Å². The zero-order valence-electron chi connectivity index (χ0n) is 17.8. The van der Waals surface area contributed by atoms with Gasteiger partial charge in [0.25, 0.3) is 5.56 Å². The Labute approximate surface area is 191 Å². The molecule has 1 aliphatic heterocycles. The average Bonchev–Trinajstić information content (AvgIpc) is 3.44.